The van der Waals surface area contributed by atoms with Crippen molar-refractivity contribution in [2.45, 2.75) is 18.9 Å². The molecule has 0 amide bonds. The second-order valence-electron chi connectivity index (χ2n) is 5.17. The predicted octanol–water partition coefficient (Wildman–Crippen LogP) is 2.62. The highest BCUT2D eigenvalue weighted by Gasteiger charge is 2.21. The summed E-state index contributed by atoms with van der Waals surface area (Å²) >= 11 is 5.91. The number of nitrogens with two attached hydrogens (primary N) is 1. The molecule has 3 rings (SSSR count). The molecule has 0 spiro atoms. The fourth-order valence-corrected chi connectivity index (χ4v) is 2.70. The van der Waals surface area contributed by atoms with Gasteiger partial charge in [0.15, 0.2) is 5.82 Å². The Balaban J connectivity index is 1.77. The molecule has 5 nitrogen and oxygen atoms in total. The summed E-state index contributed by atoms with van der Waals surface area (Å²) in [4.78, 5) is 6.52. The van der Waals surface area contributed by atoms with E-state index in [1.165, 1.54) is 18.9 Å². The number of likely N-dealkylation sites (tertiary alicyclic amines) is 1. The van der Waals surface area contributed by atoms with Crippen molar-refractivity contribution in [3.63, 3.8) is 0 Å². The second-order valence-corrected chi connectivity index (χ2v) is 5.55. The Morgan fingerprint density at radius 3 is 2.90 bits per heavy atom. The third kappa shape index (κ3) is 3.07. The van der Waals surface area contributed by atoms with Crippen LogP contribution in [0.4, 0.5) is 4.39 Å². The highest BCUT2D eigenvalue weighted by molar-refractivity contribution is 6.33. The maximum atomic E-state index is 13.4. The van der Waals surface area contributed by atoms with Gasteiger partial charge in [0.05, 0.1) is 16.6 Å². The highest BCUT2D eigenvalue weighted by Crippen LogP contribution is 2.29. The molecule has 1 aromatic heterocycles. The topological polar surface area (TPSA) is 68.2 Å². The largest absolute Gasteiger partial charge is 0.334 e. The number of halogens is 2. The lowest BCUT2D eigenvalue weighted by molar-refractivity contribution is 0.306. The van der Waals surface area contributed by atoms with Gasteiger partial charge in [-0.1, -0.05) is 22.8 Å². The fourth-order valence-electron chi connectivity index (χ4n) is 2.49. The molecule has 1 unspecified atom stereocenters. The van der Waals surface area contributed by atoms with Crippen LogP contribution in [0.1, 0.15) is 24.7 Å². The summed E-state index contributed by atoms with van der Waals surface area (Å²) in [6.07, 6.45) is 2.40. The summed E-state index contributed by atoms with van der Waals surface area (Å²) in [6.45, 7) is 2.79. The molecular weight excluding hydrogens is 295 g/mol. The van der Waals surface area contributed by atoms with Crippen LogP contribution in [0, 0.1) is 5.82 Å². The van der Waals surface area contributed by atoms with E-state index in [0.717, 1.165) is 13.1 Å². The molecule has 0 radical (unpaired) electrons. The van der Waals surface area contributed by atoms with Gasteiger partial charge in [0.2, 0.25) is 0 Å². The van der Waals surface area contributed by atoms with Crippen molar-refractivity contribution in [1.82, 2.24) is 15.0 Å². The van der Waals surface area contributed by atoms with E-state index < -0.39 is 5.82 Å². The number of nitrogens with zero attached hydrogens (tertiary/aromatic N) is 3. The number of hydrogen-bond acceptors (Lipinski definition) is 5. The van der Waals surface area contributed by atoms with Gasteiger partial charge in [-0.3, -0.25) is 0 Å². The Hall–Kier alpha value is -1.50. The zero-order valence-corrected chi connectivity index (χ0v) is 12.2. The van der Waals surface area contributed by atoms with Gasteiger partial charge in [-0.15, -0.1) is 0 Å². The summed E-state index contributed by atoms with van der Waals surface area (Å²) in [7, 11) is 0. The average Bonchev–Trinajstić information content (AvgIpc) is 3.12. The summed E-state index contributed by atoms with van der Waals surface area (Å²) in [5, 5.41) is 3.86. The van der Waals surface area contributed by atoms with E-state index in [2.05, 4.69) is 15.0 Å². The van der Waals surface area contributed by atoms with Crippen molar-refractivity contribution in [3.05, 3.63) is 34.9 Å². The number of aromatic nitrogens is 2. The Labute approximate surface area is 126 Å². The van der Waals surface area contributed by atoms with Crippen molar-refractivity contribution >= 4 is 11.6 Å². The smallest absolute Gasteiger partial charge is 0.259 e. The number of hydrogen-bond donors (Lipinski definition) is 1. The number of benzene rings is 1. The van der Waals surface area contributed by atoms with Crippen LogP contribution in [0.5, 0.6) is 0 Å². The first-order valence-electron chi connectivity index (χ1n) is 6.91. The molecule has 2 heterocycles. The normalized spacial score (nSPS) is 17.3. The van der Waals surface area contributed by atoms with E-state index in [-0.39, 0.29) is 17.0 Å². The average molecular weight is 311 g/mol. The minimum Gasteiger partial charge on any atom is -0.334 e. The van der Waals surface area contributed by atoms with Crippen molar-refractivity contribution in [2.24, 2.45) is 5.73 Å². The second kappa shape index (κ2) is 6.09. The van der Waals surface area contributed by atoms with Crippen LogP contribution in [0.25, 0.3) is 11.5 Å². The first-order chi connectivity index (χ1) is 10.1. The van der Waals surface area contributed by atoms with Crippen LogP contribution in [-0.2, 0) is 0 Å². The molecule has 0 bridgehead atoms. The van der Waals surface area contributed by atoms with E-state index in [4.69, 9.17) is 21.9 Å². The lowest BCUT2D eigenvalue weighted by atomic mass is 10.2. The SMILES string of the molecule is NC(CN1CCCC1)c1noc(-c2cccc(F)c2Cl)n1. The molecule has 2 N–H and O–H groups in total. The summed E-state index contributed by atoms with van der Waals surface area (Å²) in [6, 6.07) is 4.13. The Morgan fingerprint density at radius 1 is 1.38 bits per heavy atom. The Bertz CT molecular complexity index is 627. The van der Waals surface area contributed by atoms with Crippen molar-refractivity contribution < 1.29 is 8.91 Å². The third-order valence-corrected chi connectivity index (χ3v) is 3.99. The van der Waals surface area contributed by atoms with E-state index in [1.807, 2.05) is 0 Å². The molecular formula is C14H16ClFN4O. The minimum atomic E-state index is -0.518. The van der Waals surface area contributed by atoms with E-state index in [9.17, 15) is 4.39 Å². The van der Waals surface area contributed by atoms with Crippen LogP contribution < -0.4 is 5.73 Å². The molecule has 1 atom stereocenters. The standard InChI is InChI=1S/C14H16ClFN4O/c15-12-9(4-3-5-10(12)16)14-18-13(19-21-14)11(17)8-20-6-1-2-7-20/h3-5,11H,1-2,6-8,17H2. The first-order valence-corrected chi connectivity index (χ1v) is 7.29. The summed E-state index contributed by atoms with van der Waals surface area (Å²) in [5.74, 6) is 0.0823. The van der Waals surface area contributed by atoms with Gasteiger partial charge in [-0.2, -0.15) is 4.98 Å². The molecule has 0 aliphatic carbocycles. The van der Waals surface area contributed by atoms with Crippen LogP contribution in [0.2, 0.25) is 5.02 Å². The van der Waals surface area contributed by atoms with Gasteiger partial charge in [0, 0.05) is 6.54 Å². The minimum absolute atomic E-state index is 0.0270. The van der Waals surface area contributed by atoms with Gasteiger partial charge >= 0.3 is 0 Å². The van der Waals surface area contributed by atoms with E-state index >= 15 is 0 Å². The zero-order valence-electron chi connectivity index (χ0n) is 11.4. The van der Waals surface area contributed by atoms with Crippen molar-refractivity contribution in [3.8, 4) is 11.5 Å². The van der Waals surface area contributed by atoms with E-state index in [1.54, 1.807) is 12.1 Å². The molecule has 1 aliphatic heterocycles. The quantitative estimate of drug-likeness (QED) is 0.940. The van der Waals surface area contributed by atoms with E-state index in [0.29, 0.717) is 17.9 Å². The van der Waals surface area contributed by atoms with Gasteiger partial charge in [0.25, 0.3) is 5.89 Å². The van der Waals surface area contributed by atoms with Crippen LogP contribution in [0.3, 0.4) is 0 Å². The molecule has 7 heteroatoms. The highest BCUT2D eigenvalue weighted by atomic mass is 35.5. The van der Waals surface area contributed by atoms with Crippen LogP contribution >= 0.6 is 11.6 Å². The first kappa shape index (κ1) is 14.4. The van der Waals surface area contributed by atoms with Gasteiger partial charge < -0.3 is 15.2 Å². The fraction of sp³-hybridized carbons (Fsp3) is 0.429. The predicted molar refractivity (Wildman–Crippen MR) is 77.3 cm³/mol. The van der Waals surface area contributed by atoms with Crippen molar-refractivity contribution in [2.75, 3.05) is 19.6 Å². The summed E-state index contributed by atoms with van der Waals surface area (Å²) in [5.41, 5.74) is 6.48. The van der Waals surface area contributed by atoms with Gasteiger partial charge in [-0.05, 0) is 38.1 Å². The van der Waals surface area contributed by atoms with Crippen LogP contribution in [-0.4, -0.2) is 34.7 Å². The molecule has 1 aliphatic rings. The third-order valence-electron chi connectivity index (χ3n) is 3.61. The lowest BCUT2D eigenvalue weighted by Gasteiger charge is -2.17. The maximum Gasteiger partial charge on any atom is 0.259 e. The molecule has 2 aromatic rings. The monoisotopic (exact) mass is 310 g/mol. The molecule has 1 saturated heterocycles. The zero-order chi connectivity index (χ0) is 14.8. The molecule has 1 fully saturated rings. The molecule has 112 valence electrons. The van der Waals surface area contributed by atoms with Crippen LogP contribution in [0.15, 0.2) is 22.7 Å². The van der Waals surface area contributed by atoms with Gasteiger partial charge in [0.1, 0.15) is 5.82 Å². The van der Waals surface area contributed by atoms with Gasteiger partial charge in [-0.25, -0.2) is 4.39 Å². The molecule has 0 saturated carbocycles. The molecule has 1 aromatic carbocycles. The Kier molecular flexibility index (Phi) is 4.19. The maximum absolute atomic E-state index is 13.4. The number of rotatable bonds is 4. The molecule has 21 heavy (non-hydrogen) atoms. The summed E-state index contributed by atoms with van der Waals surface area (Å²) < 4.78 is 18.6. The lowest BCUT2D eigenvalue weighted by Crippen LogP contribution is -2.30. The van der Waals surface area contributed by atoms with Crippen molar-refractivity contribution in [1.29, 1.82) is 0 Å². The Morgan fingerprint density at radius 2 is 2.14 bits per heavy atom.